The van der Waals surface area contributed by atoms with Crippen LogP contribution in [0.15, 0.2) is 72.8 Å². The van der Waals surface area contributed by atoms with E-state index in [1.165, 1.54) is 22.3 Å². The molecule has 1 N–H and O–H groups in total. The molecule has 3 aromatic rings. The van der Waals surface area contributed by atoms with Gasteiger partial charge in [0.15, 0.2) is 0 Å². The van der Waals surface area contributed by atoms with Gasteiger partial charge in [-0.25, -0.2) is 4.79 Å². The van der Waals surface area contributed by atoms with E-state index in [-0.39, 0.29) is 5.92 Å². The molecule has 31 heavy (non-hydrogen) atoms. The summed E-state index contributed by atoms with van der Waals surface area (Å²) in [4.78, 5) is 12.2. The maximum Gasteiger partial charge on any atom is 0.407 e. The molecule has 0 saturated heterocycles. The minimum atomic E-state index is -0.410. The maximum absolute atomic E-state index is 12.2. The van der Waals surface area contributed by atoms with Crippen molar-refractivity contribution < 1.29 is 14.3 Å². The first-order valence-electron chi connectivity index (χ1n) is 10.4. The van der Waals surface area contributed by atoms with E-state index in [9.17, 15) is 4.79 Å². The van der Waals surface area contributed by atoms with Crippen LogP contribution in [0.4, 0.5) is 4.79 Å². The Bertz CT molecular complexity index is 1060. The first-order valence-corrected chi connectivity index (χ1v) is 10.4. The first-order chi connectivity index (χ1) is 15.3. The number of rotatable bonds is 6. The molecule has 0 atom stereocenters. The molecule has 0 radical (unpaired) electrons. The molecular formula is C27H25NO3. The quantitative estimate of drug-likeness (QED) is 0.453. The zero-order valence-corrected chi connectivity index (χ0v) is 17.6. The van der Waals surface area contributed by atoms with Gasteiger partial charge in [-0.15, -0.1) is 0 Å². The molecule has 3 aromatic carbocycles. The normalized spacial score (nSPS) is 11.8. The predicted octanol–water partition coefficient (Wildman–Crippen LogP) is 5.11. The largest absolute Gasteiger partial charge is 0.449 e. The van der Waals surface area contributed by atoms with E-state index >= 15 is 0 Å². The number of benzene rings is 3. The Kier molecular flexibility index (Phi) is 6.66. The van der Waals surface area contributed by atoms with Gasteiger partial charge in [-0.2, -0.15) is 0 Å². The lowest BCUT2D eigenvalue weighted by atomic mass is 9.98. The number of carbonyl (C=O) groups excluding carboxylic acids is 1. The first kappa shape index (κ1) is 20.7. The second-order valence-electron chi connectivity index (χ2n) is 7.43. The van der Waals surface area contributed by atoms with E-state index in [4.69, 9.17) is 9.47 Å². The summed E-state index contributed by atoms with van der Waals surface area (Å²) in [6.07, 6.45) is 0.150. The third kappa shape index (κ3) is 4.96. The Hall–Kier alpha value is -3.55. The molecule has 0 spiro atoms. The zero-order chi connectivity index (χ0) is 21.5. The van der Waals surface area contributed by atoms with Crippen molar-refractivity contribution in [2.24, 2.45) is 0 Å². The van der Waals surface area contributed by atoms with E-state index in [1.807, 2.05) is 48.5 Å². The van der Waals surface area contributed by atoms with Crippen molar-refractivity contribution in [1.29, 1.82) is 0 Å². The van der Waals surface area contributed by atoms with E-state index in [0.717, 1.165) is 11.1 Å². The fourth-order valence-electron chi connectivity index (χ4n) is 3.89. The number of hydrogen-bond donors (Lipinski definition) is 1. The van der Waals surface area contributed by atoms with Crippen LogP contribution in [0, 0.1) is 11.8 Å². The number of fused-ring (bicyclic) bond motifs is 3. The summed E-state index contributed by atoms with van der Waals surface area (Å²) in [5, 5.41) is 2.79. The van der Waals surface area contributed by atoms with Crippen LogP contribution >= 0.6 is 0 Å². The molecule has 0 unspecified atom stereocenters. The minimum absolute atomic E-state index is 0.0685. The average molecular weight is 412 g/mol. The molecule has 1 amide bonds. The van der Waals surface area contributed by atoms with E-state index in [0.29, 0.717) is 26.2 Å². The third-order valence-electron chi connectivity index (χ3n) is 5.36. The molecule has 4 rings (SSSR count). The van der Waals surface area contributed by atoms with Crippen molar-refractivity contribution in [1.82, 2.24) is 5.32 Å². The van der Waals surface area contributed by atoms with E-state index in [1.54, 1.807) is 7.11 Å². The van der Waals surface area contributed by atoms with Gasteiger partial charge in [0, 0.05) is 31.6 Å². The molecule has 0 saturated carbocycles. The second kappa shape index (κ2) is 9.97. The Balaban J connectivity index is 1.25. The average Bonchev–Trinajstić information content (AvgIpc) is 3.12. The predicted molar refractivity (Wildman–Crippen MR) is 122 cm³/mol. The third-order valence-corrected chi connectivity index (χ3v) is 5.36. The molecular weight excluding hydrogens is 386 g/mol. The molecule has 1 aliphatic carbocycles. The standard InChI is InChI=1S/C27H25NO3/c1-30-18-21-15-13-20(14-16-21)8-6-7-17-28-27(29)31-19-26-24-11-4-2-9-22(24)23-10-3-5-12-25(23)26/h2-5,9-16,26H,7,17-19H2,1H3,(H,28,29). The summed E-state index contributed by atoms with van der Waals surface area (Å²) in [6.45, 7) is 1.36. The van der Waals surface area contributed by atoms with Crippen molar-refractivity contribution in [2.75, 3.05) is 20.3 Å². The Morgan fingerprint density at radius 1 is 0.935 bits per heavy atom. The topological polar surface area (TPSA) is 47.6 Å². The molecule has 0 bridgehead atoms. The summed E-state index contributed by atoms with van der Waals surface area (Å²) in [6, 6.07) is 24.6. The SMILES string of the molecule is COCc1ccc(C#CCCNC(=O)OCC2c3ccccc3-c3ccccc32)cc1. The molecule has 1 aliphatic rings. The molecule has 0 fully saturated rings. The molecule has 0 aliphatic heterocycles. The summed E-state index contributed by atoms with van der Waals surface area (Å²) in [5.74, 6) is 6.25. The fourth-order valence-corrected chi connectivity index (χ4v) is 3.89. The Morgan fingerprint density at radius 2 is 1.58 bits per heavy atom. The van der Waals surface area contributed by atoms with Gasteiger partial charge in [0.05, 0.1) is 6.61 Å². The lowest BCUT2D eigenvalue weighted by Crippen LogP contribution is -2.26. The van der Waals surface area contributed by atoms with Crippen molar-refractivity contribution in [3.63, 3.8) is 0 Å². The Morgan fingerprint density at radius 3 is 2.23 bits per heavy atom. The van der Waals surface area contributed by atoms with Crippen LogP contribution in [0.1, 0.15) is 34.6 Å². The summed E-state index contributed by atoms with van der Waals surface area (Å²) < 4.78 is 10.6. The highest BCUT2D eigenvalue weighted by Gasteiger charge is 2.28. The summed E-state index contributed by atoms with van der Waals surface area (Å²) >= 11 is 0. The number of amides is 1. The van der Waals surface area contributed by atoms with Crippen LogP contribution < -0.4 is 5.32 Å². The lowest BCUT2D eigenvalue weighted by molar-refractivity contribution is 0.143. The molecule has 156 valence electrons. The smallest absolute Gasteiger partial charge is 0.407 e. The summed E-state index contributed by atoms with van der Waals surface area (Å²) in [5.41, 5.74) is 6.92. The number of methoxy groups -OCH3 is 1. The van der Waals surface area contributed by atoms with E-state index < -0.39 is 6.09 Å². The minimum Gasteiger partial charge on any atom is -0.449 e. The van der Waals surface area contributed by atoms with Crippen molar-refractivity contribution in [3.05, 3.63) is 95.1 Å². The Labute approximate surface area is 183 Å². The van der Waals surface area contributed by atoms with Crippen LogP contribution in [0.5, 0.6) is 0 Å². The number of hydrogen-bond acceptors (Lipinski definition) is 3. The van der Waals surface area contributed by atoms with Crippen LogP contribution in [-0.2, 0) is 16.1 Å². The van der Waals surface area contributed by atoms with Crippen LogP contribution in [-0.4, -0.2) is 26.4 Å². The number of nitrogens with one attached hydrogen (secondary N) is 1. The number of ether oxygens (including phenoxy) is 2. The van der Waals surface area contributed by atoms with Crippen LogP contribution in [0.3, 0.4) is 0 Å². The van der Waals surface area contributed by atoms with Gasteiger partial charge in [0.2, 0.25) is 0 Å². The van der Waals surface area contributed by atoms with Gasteiger partial charge in [0.25, 0.3) is 0 Å². The second-order valence-corrected chi connectivity index (χ2v) is 7.43. The van der Waals surface area contributed by atoms with Crippen molar-refractivity contribution in [3.8, 4) is 23.0 Å². The molecule has 0 heterocycles. The van der Waals surface area contributed by atoms with Crippen molar-refractivity contribution in [2.45, 2.75) is 18.9 Å². The van der Waals surface area contributed by atoms with Crippen LogP contribution in [0.25, 0.3) is 11.1 Å². The van der Waals surface area contributed by atoms with Gasteiger partial charge in [-0.1, -0.05) is 72.5 Å². The van der Waals surface area contributed by atoms with Crippen LogP contribution in [0.2, 0.25) is 0 Å². The highest BCUT2D eigenvalue weighted by Crippen LogP contribution is 2.44. The number of alkyl carbamates (subject to hydrolysis) is 1. The molecule has 0 aromatic heterocycles. The zero-order valence-electron chi connectivity index (χ0n) is 17.6. The van der Waals surface area contributed by atoms with Gasteiger partial charge in [0.1, 0.15) is 6.61 Å². The number of carbonyl (C=O) groups is 1. The fraction of sp³-hybridized carbons (Fsp3) is 0.222. The maximum atomic E-state index is 12.2. The lowest BCUT2D eigenvalue weighted by Gasteiger charge is -2.14. The molecule has 4 nitrogen and oxygen atoms in total. The van der Waals surface area contributed by atoms with Crippen molar-refractivity contribution >= 4 is 6.09 Å². The van der Waals surface area contributed by atoms with Gasteiger partial charge >= 0.3 is 6.09 Å². The highest BCUT2D eigenvalue weighted by atomic mass is 16.5. The highest BCUT2D eigenvalue weighted by molar-refractivity contribution is 5.79. The summed E-state index contributed by atoms with van der Waals surface area (Å²) in [7, 11) is 1.68. The molecule has 4 heteroatoms. The van der Waals surface area contributed by atoms with E-state index in [2.05, 4.69) is 41.4 Å². The van der Waals surface area contributed by atoms with Gasteiger partial charge in [-0.3, -0.25) is 0 Å². The van der Waals surface area contributed by atoms with Gasteiger partial charge < -0.3 is 14.8 Å². The monoisotopic (exact) mass is 411 g/mol. The van der Waals surface area contributed by atoms with Gasteiger partial charge in [-0.05, 0) is 39.9 Å².